The topological polar surface area (TPSA) is 51.2 Å². The molecule has 0 radical (unpaired) electrons. The number of ether oxygens (including phenoxy) is 1. The molecule has 1 aliphatic heterocycles. The van der Waals surface area contributed by atoms with Gasteiger partial charge in [-0.15, -0.1) is 0 Å². The molecule has 1 aromatic rings. The van der Waals surface area contributed by atoms with Crippen LogP contribution in [-0.2, 0) is 4.74 Å². The van der Waals surface area contributed by atoms with E-state index in [0.717, 1.165) is 19.4 Å². The van der Waals surface area contributed by atoms with Crippen molar-refractivity contribution in [1.82, 2.24) is 10.3 Å². The van der Waals surface area contributed by atoms with E-state index in [1.807, 2.05) is 0 Å². The first-order valence-electron chi connectivity index (χ1n) is 4.70. The van der Waals surface area contributed by atoms with Gasteiger partial charge in [-0.25, -0.2) is 4.79 Å². The van der Waals surface area contributed by atoms with Crippen LogP contribution < -0.4 is 5.32 Å². The number of aromatic nitrogens is 1. The summed E-state index contributed by atoms with van der Waals surface area (Å²) in [6.07, 6.45) is 4.97. The van der Waals surface area contributed by atoms with Gasteiger partial charge in [0.25, 0.3) is 0 Å². The van der Waals surface area contributed by atoms with E-state index >= 15 is 0 Å². The van der Waals surface area contributed by atoms with Crippen LogP contribution in [0.1, 0.15) is 23.2 Å². The van der Waals surface area contributed by atoms with E-state index in [-0.39, 0.29) is 12.2 Å². The fourth-order valence-corrected chi connectivity index (χ4v) is 1.43. The largest absolute Gasteiger partial charge is 0.443 e. The molecule has 0 spiro atoms. The minimum atomic E-state index is -0.308. The Morgan fingerprint density at radius 1 is 1.64 bits per heavy atom. The van der Waals surface area contributed by atoms with Gasteiger partial charge in [0.05, 0.1) is 5.56 Å². The number of pyridine rings is 1. The molecule has 0 aliphatic carbocycles. The molecule has 2 rings (SSSR count). The van der Waals surface area contributed by atoms with Gasteiger partial charge in [0.2, 0.25) is 0 Å². The van der Waals surface area contributed by atoms with E-state index in [2.05, 4.69) is 10.3 Å². The van der Waals surface area contributed by atoms with Crippen LogP contribution >= 0.6 is 0 Å². The predicted molar refractivity (Wildman–Crippen MR) is 50.7 cm³/mol. The van der Waals surface area contributed by atoms with Gasteiger partial charge in [0.1, 0.15) is 0 Å². The van der Waals surface area contributed by atoms with Crippen molar-refractivity contribution in [2.45, 2.75) is 19.1 Å². The highest BCUT2D eigenvalue weighted by molar-refractivity contribution is 5.89. The first-order chi connectivity index (χ1) is 6.86. The molecule has 1 saturated heterocycles. The zero-order valence-corrected chi connectivity index (χ0v) is 7.77. The van der Waals surface area contributed by atoms with Crippen molar-refractivity contribution in [3.63, 3.8) is 0 Å². The van der Waals surface area contributed by atoms with Gasteiger partial charge >= 0.3 is 5.97 Å². The number of carbonyl (C=O) groups excluding carboxylic acids is 1. The lowest BCUT2D eigenvalue weighted by Crippen LogP contribution is -2.27. The molecule has 4 heteroatoms. The minimum Gasteiger partial charge on any atom is -0.443 e. The second-order valence-corrected chi connectivity index (χ2v) is 3.23. The SMILES string of the molecule is O=C(O[C@H]1CCCN1)c1cccnc1. The fourth-order valence-electron chi connectivity index (χ4n) is 1.43. The highest BCUT2D eigenvalue weighted by atomic mass is 16.6. The maximum absolute atomic E-state index is 11.5. The van der Waals surface area contributed by atoms with Crippen LogP contribution in [0.25, 0.3) is 0 Å². The summed E-state index contributed by atoms with van der Waals surface area (Å²) >= 11 is 0. The third-order valence-corrected chi connectivity index (χ3v) is 2.16. The lowest BCUT2D eigenvalue weighted by Gasteiger charge is -2.11. The summed E-state index contributed by atoms with van der Waals surface area (Å²) in [6.45, 7) is 0.922. The number of nitrogens with one attached hydrogen (secondary N) is 1. The van der Waals surface area contributed by atoms with Crippen LogP contribution in [0.2, 0.25) is 0 Å². The van der Waals surface area contributed by atoms with Gasteiger partial charge in [0, 0.05) is 12.4 Å². The molecular formula is C10H12N2O2. The Labute approximate surface area is 82.3 Å². The Kier molecular flexibility index (Phi) is 2.74. The summed E-state index contributed by atoms with van der Waals surface area (Å²) in [4.78, 5) is 15.4. The predicted octanol–water partition coefficient (Wildman–Crippen LogP) is 0.948. The molecule has 1 N–H and O–H groups in total. The van der Waals surface area contributed by atoms with Crippen LogP contribution in [0.15, 0.2) is 24.5 Å². The molecule has 0 amide bonds. The number of hydrogen-bond acceptors (Lipinski definition) is 4. The van der Waals surface area contributed by atoms with Crippen molar-refractivity contribution < 1.29 is 9.53 Å². The Balaban J connectivity index is 1.95. The van der Waals surface area contributed by atoms with Gasteiger partial charge in [-0.1, -0.05) is 0 Å². The van der Waals surface area contributed by atoms with Crippen molar-refractivity contribution in [2.75, 3.05) is 6.54 Å². The van der Waals surface area contributed by atoms with E-state index in [4.69, 9.17) is 4.74 Å². The average Bonchev–Trinajstić information content (AvgIpc) is 2.72. The number of nitrogens with zero attached hydrogens (tertiary/aromatic N) is 1. The minimum absolute atomic E-state index is 0.122. The Morgan fingerprint density at radius 2 is 2.57 bits per heavy atom. The Morgan fingerprint density at radius 3 is 3.21 bits per heavy atom. The molecule has 1 aliphatic rings. The van der Waals surface area contributed by atoms with Crippen molar-refractivity contribution >= 4 is 5.97 Å². The van der Waals surface area contributed by atoms with Crippen molar-refractivity contribution in [3.05, 3.63) is 30.1 Å². The van der Waals surface area contributed by atoms with E-state index in [0.29, 0.717) is 5.56 Å². The lowest BCUT2D eigenvalue weighted by molar-refractivity contribution is 0.0267. The molecule has 14 heavy (non-hydrogen) atoms. The summed E-state index contributed by atoms with van der Waals surface area (Å²) in [5.41, 5.74) is 0.501. The number of esters is 1. The average molecular weight is 192 g/mol. The first-order valence-corrected chi connectivity index (χ1v) is 4.70. The maximum Gasteiger partial charge on any atom is 0.341 e. The molecular weight excluding hydrogens is 180 g/mol. The fraction of sp³-hybridized carbons (Fsp3) is 0.400. The first kappa shape index (κ1) is 9.15. The molecule has 4 nitrogen and oxygen atoms in total. The Hall–Kier alpha value is -1.42. The highest BCUT2D eigenvalue weighted by Gasteiger charge is 2.18. The quantitative estimate of drug-likeness (QED) is 0.709. The molecule has 1 fully saturated rings. The van der Waals surface area contributed by atoms with Crippen LogP contribution in [-0.4, -0.2) is 23.7 Å². The smallest absolute Gasteiger partial charge is 0.341 e. The van der Waals surface area contributed by atoms with Crippen LogP contribution in [0.3, 0.4) is 0 Å². The number of hydrogen-bond donors (Lipinski definition) is 1. The number of carbonyl (C=O) groups is 1. The second kappa shape index (κ2) is 4.19. The zero-order valence-electron chi connectivity index (χ0n) is 7.77. The molecule has 0 unspecified atom stereocenters. The van der Waals surface area contributed by atoms with Gasteiger partial charge in [0.15, 0.2) is 6.23 Å². The number of rotatable bonds is 2. The highest BCUT2D eigenvalue weighted by Crippen LogP contribution is 2.09. The van der Waals surface area contributed by atoms with Gasteiger partial charge in [-0.3, -0.25) is 10.3 Å². The molecule has 1 atom stereocenters. The third kappa shape index (κ3) is 2.09. The molecule has 0 saturated carbocycles. The maximum atomic E-state index is 11.5. The van der Waals surface area contributed by atoms with Crippen LogP contribution in [0, 0.1) is 0 Å². The van der Waals surface area contributed by atoms with E-state index in [1.54, 1.807) is 18.3 Å². The van der Waals surface area contributed by atoms with E-state index < -0.39 is 0 Å². The Bertz CT molecular complexity index is 307. The van der Waals surface area contributed by atoms with Gasteiger partial charge in [-0.05, 0) is 31.5 Å². The standard InChI is InChI=1S/C10H12N2O2/c13-10(8-3-1-5-11-7-8)14-9-4-2-6-12-9/h1,3,5,7,9,12H,2,4,6H2/t9-/m0/s1. The second-order valence-electron chi connectivity index (χ2n) is 3.23. The van der Waals surface area contributed by atoms with E-state index in [9.17, 15) is 4.79 Å². The van der Waals surface area contributed by atoms with Crippen LogP contribution in [0.5, 0.6) is 0 Å². The summed E-state index contributed by atoms with van der Waals surface area (Å²) in [5, 5.41) is 3.09. The zero-order chi connectivity index (χ0) is 9.80. The summed E-state index contributed by atoms with van der Waals surface area (Å²) in [7, 11) is 0. The van der Waals surface area contributed by atoms with Crippen molar-refractivity contribution in [1.29, 1.82) is 0 Å². The molecule has 1 aromatic heterocycles. The summed E-state index contributed by atoms with van der Waals surface area (Å²) < 4.78 is 5.21. The molecule has 74 valence electrons. The monoisotopic (exact) mass is 192 g/mol. The van der Waals surface area contributed by atoms with E-state index in [1.165, 1.54) is 6.20 Å². The lowest BCUT2D eigenvalue weighted by atomic mass is 10.3. The molecule has 0 bridgehead atoms. The van der Waals surface area contributed by atoms with Crippen LogP contribution in [0.4, 0.5) is 0 Å². The summed E-state index contributed by atoms with van der Waals surface area (Å²) in [5.74, 6) is -0.308. The van der Waals surface area contributed by atoms with Crippen molar-refractivity contribution in [3.8, 4) is 0 Å². The summed E-state index contributed by atoms with van der Waals surface area (Å²) in [6, 6.07) is 3.42. The molecule has 2 heterocycles. The molecule has 0 aromatic carbocycles. The third-order valence-electron chi connectivity index (χ3n) is 2.16. The van der Waals surface area contributed by atoms with Crippen molar-refractivity contribution in [2.24, 2.45) is 0 Å². The van der Waals surface area contributed by atoms with Gasteiger partial charge in [-0.2, -0.15) is 0 Å². The van der Waals surface area contributed by atoms with Gasteiger partial charge < -0.3 is 4.74 Å². The normalized spacial score (nSPS) is 20.7.